The maximum atomic E-state index is 12.9. The monoisotopic (exact) mass is 331 g/mol. The topological polar surface area (TPSA) is 73.1 Å². The summed E-state index contributed by atoms with van der Waals surface area (Å²) in [5.74, 6) is -0.329. The number of carbonyl (C=O) groups is 1. The van der Waals surface area contributed by atoms with E-state index in [4.69, 9.17) is 9.47 Å². The van der Waals surface area contributed by atoms with Crippen LogP contribution in [0.25, 0.3) is 5.65 Å². The summed E-state index contributed by atoms with van der Waals surface area (Å²) in [6.07, 6.45) is 3.69. The Hall–Kier alpha value is -2.25. The number of methoxy groups -OCH3 is 2. The van der Waals surface area contributed by atoms with Gasteiger partial charge in [0, 0.05) is 33.2 Å². The Labute approximate surface area is 139 Å². The van der Waals surface area contributed by atoms with Crippen molar-refractivity contribution in [1.29, 1.82) is 0 Å². The first-order valence-electron chi connectivity index (χ1n) is 7.86. The summed E-state index contributed by atoms with van der Waals surface area (Å²) in [6.45, 7) is 2.74. The molecule has 1 saturated heterocycles. The summed E-state index contributed by atoms with van der Waals surface area (Å²) in [6, 6.07) is 3.53. The van der Waals surface area contributed by atoms with Crippen molar-refractivity contribution in [3.05, 3.63) is 46.0 Å². The number of pyridine rings is 1. The quantitative estimate of drug-likeness (QED) is 0.831. The zero-order chi connectivity index (χ0) is 17.3. The number of carbonyl (C=O) groups excluding carboxylic acids is 1. The lowest BCUT2D eigenvalue weighted by Crippen LogP contribution is -2.41. The Kier molecular flexibility index (Phi) is 4.64. The highest BCUT2D eigenvalue weighted by atomic mass is 16.5. The van der Waals surface area contributed by atoms with Crippen LogP contribution in [0.15, 0.2) is 29.3 Å². The van der Waals surface area contributed by atoms with Crippen LogP contribution in [0.3, 0.4) is 0 Å². The van der Waals surface area contributed by atoms with Crippen molar-refractivity contribution < 1.29 is 14.3 Å². The summed E-state index contributed by atoms with van der Waals surface area (Å²) in [5, 5.41) is 0. The van der Waals surface area contributed by atoms with E-state index in [9.17, 15) is 9.59 Å². The number of aromatic nitrogens is 2. The average molecular weight is 331 g/mol. The molecule has 7 heteroatoms. The van der Waals surface area contributed by atoms with E-state index in [-0.39, 0.29) is 29.2 Å². The van der Waals surface area contributed by atoms with Crippen LogP contribution in [-0.2, 0) is 9.47 Å². The fraction of sp³-hybridized carbons (Fsp3) is 0.471. The largest absolute Gasteiger partial charge is 0.383 e. The van der Waals surface area contributed by atoms with Gasteiger partial charge in [-0.15, -0.1) is 0 Å². The van der Waals surface area contributed by atoms with Crippen molar-refractivity contribution in [2.45, 2.75) is 25.5 Å². The molecular formula is C17H21N3O4. The molecule has 2 atom stereocenters. The Morgan fingerprint density at radius 3 is 2.88 bits per heavy atom. The molecule has 0 aromatic carbocycles. The second kappa shape index (κ2) is 6.70. The third kappa shape index (κ3) is 2.92. The third-order valence-electron chi connectivity index (χ3n) is 4.41. The molecule has 0 radical (unpaired) electrons. The molecule has 1 aliphatic rings. The lowest BCUT2D eigenvalue weighted by molar-refractivity contribution is 0.0610. The Bertz CT molecular complexity index is 817. The van der Waals surface area contributed by atoms with Crippen molar-refractivity contribution >= 4 is 11.6 Å². The van der Waals surface area contributed by atoms with Gasteiger partial charge in [0.25, 0.3) is 11.5 Å². The normalized spacial score (nSPS) is 20.7. The number of rotatable bonds is 4. The van der Waals surface area contributed by atoms with Gasteiger partial charge < -0.3 is 14.4 Å². The van der Waals surface area contributed by atoms with Gasteiger partial charge in [-0.1, -0.05) is 6.07 Å². The number of likely N-dealkylation sites (tertiary alicyclic amines) is 1. The summed E-state index contributed by atoms with van der Waals surface area (Å²) in [4.78, 5) is 31.5. The van der Waals surface area contributed by atoms with Crippen molar-refractivity contribution in [3.63, 3.8) is 0 Å². The standard InChI is InChI=1S/C17H21N3O4/c1-11-4-5-15-18-7-14(17(22)20(15)8-11)16(21)19-9-13(24-3)6-12(19)10-23-2/h4-5,7-8,12-13H,6,9-10H2,1-3H3/t12-,13+/m0/s1. The van der Waals surface area contributed by atoms with Gasteiger partial charge in [0.05, 0.1) is 18.8 Å². The van der Waals surface area contributed by atoms with E-state index < -0.39 is 0 Å². The van der Waals surface area contributed by atoms with Crippen molar-refractivity contribution in [1.82, 2.24) is 14.3 Å². The second-order valence-electron chi connectivity index (χ2n) is 6.07. The van der Waals surface area contributed by atoms with Gasteiger partial charge in [-0.2, -0.15) is 0 Å². The van der Waals surface area contributed by atoms with Crippen molar-refractivity contribution in [2.24, 2.45) is 0 Å². The molecule has 0 saturated carbocycles. The van der Waals surface area contributed by atoms with E-state index >= 15 is 0 Å². The molecule has 128 valence electrons. The van der Waals surface area contributed by atoms with Crippen LogP contribution in [0.2, 0.25) is 0 Å². The number of fused-ring (bicyclic) bond motifs is 1. The molecule has 24 heavy (non-hydrogen) atoms. The summed E-state index contributed by atoms with van der Waals surface area (Å²) in [5.41, 5.74) is 1.15. The smallest absolute Gasteiger partial charge is 0.270 e. The molecular weight excluding hydrogens is 310 g/mol. The van der Waals surface area contributed by atoms with Crippen LogP contribution in [0.5, 0.6) is 0 Å². The van der Waals surface area contributed by atoms with Gasteiger partial charge >= 0.3 is 0 Å². The number of amides is 1. The average Bonchev–Trinajstić information content (AvgIpc) is 2.99. The summed E-state index contributed by atoms with van der Waals surface area (Å²) < 4.78 is 12.0. The second-order valence-corrected chi connectivity index (χ2v) is 6.07. The molecule has 3 rings (SSSR count). The van der Waals surface area contributed by atoms with Gasteiger partial charge in [-0.3, -0.25) is 14.0 Å². The zero-order valence-electron chi connectivity index (χ0n) is 14.1. The predicted molar refractivity (Wildman–Crippen MR) is 88.3 cm³/mol. The predicted octanol–water partition coefficient (Wildman–Crippen LogP) is 0.879. The maximum Gasteiger partial charge on any atom is 0.270 e. The molecule has 7 nitrogen and oxygen atoms in total. The minimum atomic E-state index is -0.356. The van der Waals surface area contributed by atoms with Gasteiger partial charge in [-0.05, 0) is 25.0 Å². The highest BCUT2D eigenvalue weighted by Crippen LogP contribution is 2.22. The van der Waals surface area contributed by atoms with Gasteiger partial charge in [-0.25, -0.2) is 4.98 Å². The SMILES string of the molecule is COC[C@@H]1C[C@@H](OC)CN1C(=O)c1cnc2ccc(C)cn2c1=O. The van der Waals surface area contributed by atoms with Crippen LogP contribution in [-0.4, -0.2) is 59.7 Å². The van der Waals surface area contributed by atoms with Crippen molar-refractivity contribution in [2.75, 3.05) is 27.4 Å². The molecule has 0 spiro atoms. The van der Waals surface area contributed by atoms with E-state index in [0.717, 1.165) is 5.56 Å². The van der Waals surface area contributed by atoms with Crippen LogP contribution in [0.1, 0.15) is 22.3 Å². The van der Waals surface area contributed by atoms with Crippen LogP contribution in [0, 0.1) is 6.92 Å². The lowest BCUT2D eigenvalue weighted by atomic mass is 10.2. The first kappa shape index (κ1) is 16.6. The van der Waals surface area contributed by atoms with Gasteiger partial charge in [0.1, 0.15) is 11.2 Å². The molecule has 1 amide bonds. The molecule has 0 unspecified atom stereocenters. The van der Waals surface area contributed by atoms with E-state index in [2.05, 4.69) is 4.98 Å². The molecule has 1 aliphatic heterocycles. The first-order chi connectivity index (χ1) is 11.5. The van der Waals surface area contributed by atoms with Gasteiger partial charge in [0.15, 0.2) is 0 Å². The van der Waals surface area contributed by atoms with Gasteiger partial charge in [0.2, 0.25) is 0 Å². The van der Waals surface area contributed by atoms with E-state index in [1.807, 2.05) is 13.0 Å². The van der Waals surface area contributed by atoms with Crippen LogP contribution >= 0.6 is 0 Å². The molecule has 2 aromatic rings. The molecule has 1 fully saturated rings. The highest BCUT2D eigenvalue weighted by Gasteiger charge is 2.36. The highest BCUT2D eigenvalue weighted by molar-refractivity contribution is 5.94. The number of ether oxygens (including phenoxy) is 2. The number of aryl methyl sites for hydroxylation is 1. The van der Waals surface area contributed by atoms with Crippen LogP contribution in [0.4, 0.5) is 0 Å². The minimum absolute atomic E-state index is 0.0486. The van der Waals surface area contributed by atoms with E-state index in [1.54, 1.807) is 31.4 Å². The van der Waals surface area contributed by atoms with E-state index in [0.29, 0.717) is 25.2 Å². The third-order valence-corrected chi connectivity index (χ3v) is 4.41. The number of nitrogens with zero attached hydrogens (tertiary/aromatic N) is 3. The van der Waals surface area contributed by atoms with Crippen LogP contribution < -0.4 is 5.56 Å². The Morgan fingerprint density at radius 1 is 1.38 bits per heavy atom. The first-order valence-corrected chi connectivity index (χ1v) is 7.86. The van der Waals surface area contributed by atoms with Crippen molar-refractivity contribution in [3.8, 4) is 0 Å². The molecule has 0 bridgehead atoms. The fourth-order valence-electron chi connectivity index (χ4n) is 3.13. The number of hydrogen-bond donors (Lipinski definition) is 0. The molecule has 2 aromatic heterocycles. The maximum absolute atomic E-state index is 12.9. The summed E-state index contributed by atoms with van der Waals surface area (Å²) >= 11 is 0. The zero-order valence-corrected chi connectivity index (χ0v) is 14.1. The minimum Gasteiger partial charge on any atom is -0.383 e. The molecule has 0 aliphatic carbocycles. The number of hydrogen-bond acceptors (Lipinski definition) is 5. The van der Waals surface area contributed by atoms with E-state index in [1.165, 1.54) is 10.6 Å². The lowest BCUT2D eigenvalue weighted by Gasteiger charge is -2.23. The molecule has 0 N–H and O–H groups in total. The summed E-state index contributed by atoms with van der Waals surface area (Å²) in [7, 11) is 3.22. The fourth-order valence-corrected chi connectivity index (χ4v) is 3.13. The Morgan fingerprint density at radius 2 is 2.17 bits per heavy atom. The molecule has 3 heterocycles. The Balaban J connectivity index is 1.98.